The van der Waals surface area contributed by atoms with Crippen LogP contribution in [-0.4, -0.2) is 43.4 Å². The molecule has 4 nitrogen and oxygen atoms in total. The Balaban J connectivity index is 2.53. The molecule has 4 atom stereocenters. The van der Waals surface area contributed by atoms with Crippen molar-refractivity contribution in [2.75, 3.05) is 14.2 Å². The molecule has 0 spiro atoms. The molecule has 1 rings (SSSR count). The van der Waals surface area contributed by atoms with Crippen LogP contribution in [0.3, 0.4) is 0 Å². The number of rotatable bonds is 2. The van der Waals surface area contributed by atoms with Gasteiger partial charge in [0.25, 0.3) is 0 Å². The molecule has 0 amide bonds. The van der Waals surface area contributed by atoms with Gasteiger partial charge in [0.15, 0.2) is 12.6 Å². The molecule has 1 aliphatic rings. The van der Waals surface area contributed by atoms with Gasteiger partial charge in [0.1, 0.15) is 11.5 Å². The smallest absolute Gasteiger partial charge is 0.187 e. The Morgan fingerprint density at radius 3 is 2.09 bits per heavy atom. The van der Waals surface area contributed by atoms with E-state index in [0.29, 0.717) is 0 Å². The van der Waals surface area contributed by atoms with Crippen LogP contribution < -0.4 is 0 Å². The van der Waals surface area contributed by atoms with Crippen molar-refractivity contribution in [1.82, 2.24) is 0 Å². The van der Waals surface area contributed by atoms with Gasteiger partial charge >= 0.3 is 0 Å². The molecule has 0 saturated carbocycles. The van der Waals surface area contributed by atoms with Crippen LogP contribution in [0.25, 0.3) is 0 Å². The zero-order chi connectivity index (χ0) is 8.43. The summed E-state index contributed by atoms with van der Waals surface area (Å²) < 4.78 is 14.7. The van der Waals surface area contributed by atoms with Crippen LogP contribution in [0.5, 0.6) is 0 Å². The Kier molecular flexibility index (Phi) is 3.09. The Morgan fingerprint density at radius 1 is 1.27 bits per heavy atom. The predicted octanol–water partition coefficient (Wildman–Crippen LogP) is -0.0701. The van der Waals surface area contributed by atoms with Crippen LogP contribution >= 0.6 is 11.6 Å². The average molecular weight is 183 g/mol. The van der Waals surface area contributed by atoms with Crippen molar-refractivity contribution in [2.24, 2.45) is 0 Å². The molecule has 0 radical (unpaired) electrons. The summed E-state index contributed by atoms with van der Waals surface area (Å²) in [5.41, 5.74) is 0. The number of hydrogen-bond acceptors (Lipinski definition) is 4. The fraction of sp³-hybridized carbons (Fsp3) is 1.00. The van der Waals surface area contributed by atoms with Gasteiger partial charge in [-0.25, -0.2) is 0 Å². The van der Waals surface area contributed by atoms with Crippen LogP contribution in [0.1, 0.15) is 0 Å². The molecule has 5 heteroatoms. The summed E-state index contributed by atoms with van der Waals surface area (Å²) in [5, 5.41) is 8.73. The maximum absolute atomic E-state index is 9.30. The molecule has 1 heterocycles. The summed E-state index contributed by atoms with van der Waals surface area (Å²) in [5.74, 6) is 0. The lowest BCUT2D eigenvalue weighted by Gasteiger charge is -2.10. The van der Waals surface area contributed by atoms with E-state index in [-0.39, 0.29) is 0 Å². The van der Waals surface area contributed by atoms with E-state index in [9.17, 15) is 5.11 Å². The average Bonchev–Trinajstić information content (AvgIpc) is 2.30. The van der Waals surface area contributed by atoms with Crippen LogP contribution in [0.15, 0.2) is 0 Å². The van der Waals surface area contributed by atoms with Crippen molar-refractivity contribution >= 4 is 11.6 Å². The highest BCUT2D eigenvalue weighted by molar-refractivity contribution is 6.21. The maximum atomic E-state index is 9.30. The first kappa shape index (κ1) is 9.22. The van der Waals surface area contributed by atoms with Crippen LogP contribution in [0.2, 0.25) is 0 Å². The van der Waals surface area contributed by atoms with Gasteiger partial charge in [0.05, 0.1) is 0 Å². The van der Waals surface area contributed by atoms with Crippen molar-refractivity contribution in [2.45, 2.75) is 24.1 Å². The van der Waals surface area contributed by atoms with Gasteiger partial charge in [0.2, 0.25) is 0 Å². The third-order valence-electron chi connectivity index (χ3n) is 1.60. The van der Waals surface area contributed by atoms with Crippen LogP contribution in [0, 0.1) is 0 Å². The van der Waals surface area contributed by atoms with Gasteiger partial charge in [-0.15, -0.1) is 11.6 Å². The first-order chi connectivity index (χ1) is 5.20. The largest absolute Gasteiger partial charge is 0.386 e. The topological polar surface area (TPSA) is 47.9 Å². The summed E-state index contributed by atoms with van der Waals surface area (Å²) >= 11 is 5.72. The highest BCUT2D eigenvalue weighted by Gasteiger charge is 2.43. The van der Waals surface area contributed by atoms with E-state index in [2.05, 4.69) is 0 Å². The minimum Gasteiger partial charge on any atom is -0.386 e. The number of halogens is 1. The van der Waals surface area contributed by atoms with E-state index in [1.165, 1.54) is 14.2 Å². The van der Waals surface area contributed by atoms with Gasteiger partial charge in [-0.2, -0.15) is 0 Å². The van der Waals surface area contributed by atoms with Gasteiger partial charge in [0, 0.05) is 14.2 Å². The molecule has 11 heavy (non-hydrogen) atoms. The van der Waals surface area contributed by atoms with Gasteiger partial charge in [-0.1, -0.05) is 0 Å². The minimum absolute atomic E-state index is 0.565. The van der Waals surface area contributed by atoms with Crippen molar-refractivity contribution in [3.63, 3.8) is 0 Å². The third kappa shape index (κ3) is 1.65. The van der Waals surface area contributed by atoms with Crippen molar-refractivity contribution < 1.29 is 19.3 Å². The van der Waals surface area contributed by atoms with E-state index in [4.69, 9.17) is 25.8 Å². The molecular weight excluding hydrogens is 172 g/mol. The van der Waals surface area contributed by atoms with E-state index in [0.717, 1.165) is 0 Å². The van der Waals surface area contributed by atoms with E-state index >= 15 is 0 Å². The molecule has 1 saturated heterocycles. The summed E-state index contributed by atoms with van der Waals surface area (Å²) in [6.45, 7) is 0. The summed E-state index contributed by atoms with van der Waals surface area (Å²) in [6.07, 6.45) is -2.09. The monoisotopic (exact) mass is 182 g/mol. The van der Waals surface area contributed by atoms with E-state index < -0.39 is 24.1 Å². The number of aliphatic hydroxyl groups is 1. The first-order valence-electron chi connectivity index (χ1n) is 3.24. The molecule has 0 aliphatic carbocycles. The lowest BCUT2D eigenvalue weighted by Crippen LogP contribution is -2.29. The molecule has 0 bridgehead atoms. The fourth-order valence-electron chi connectivity index (χ4n) is 0.979. The molecule has 1 aliphatic heterocycles. The van der Waals surface area contributed by atoms with Crippen LogP contribution in [0.4, 0.5) is 0 Å². The Labute approximate surface area is 70.0 Å². The van der Waals surface area contributed by atoms with Crippen LogP contribution in [-0.2, 0) is 14.2 Å². The van der Waals surface area contributed by atoms with Crippen molar-refractivity contribution in [1.29, 1.82) is 0 Å². The summed E-state index contributed by atoms with van der Waals surface area (Å²) in [7, 11) is 2.90. The Bertz CT molecular complexity index is 114. The molecular formula is C6H11ClO4. The van der Waals surface area contributed by atoms with Crippen molar-refractivity contribution in [3.8, 4) is 0 Å². The lowest BCUT2D eigenvalue weighted by atomic mass is 10.3. The first-order valence-corrected chi connectivity index (χ1v) is 3.67. The lowest BCUT2D eigenvalue weighted by molar-refractivity contribution is -0.199. The molecule has 1 N–H and O–H groups in total. The molecule has 0 aromatic rings. The predicted molar refractivity (Wildman–Crippen MR) is 38.3 cm³/mol. The number of ether oxygens (including phenoxy) is 3. The zero-order valence-electron chi connectivity index (χ0n) is 6.36. The number of alkyl halides is 1. The van der Waals surface area contributed by atoms with Gasteiger partial charge < -0.3 is 19.3 Å². The standard InChI is InChI=1S/C6H11ClO4/c1-9-5-3(7)4(8)6(10-2)11-5/h3-6,8H,1-2H3/t3-,4-,5-,6+/m0/s1. The number of hydrogen-bond donors (Lipinski definition) is 1. The van der Waals surface area contributed by atoms with Crippen molar-refractivity contribution in [3.05, 3.63) is 0 Å². The third-order valence-corrected chi connectivity index (χ3v) is 2.06. The highest BCUT2D eigenvalue weighted by atomic mass is 35.5. The van der Waals surface area contributed by atoms with E-state index in [1.807, 2.05) is 0 Å². The second-order valence-electron chi connectivity index (χ2n) is 2.28. The zero-order valence-corrected chi connectivity index (χ0v) is 7.12. The number of methoxy groups -OCH3 is 2. The Morgan fingerprint density at radius 2 is 1.82 bits per heavy atom. The molecule has 0 aromatic carbocycles. The molecule has 0 aromatic heterocycles. The van der Waals surface area contributed by atoms with Gasteiger partial charge in [-0.05, 0) is 0 Å². The fourth-order valence-corrected chi connectivity index (χ4v) is 1.26. The molecule has 1 fully saturated rings. The maximum Gasteiger partial charge on any atom is 0.187 e. The second kappa shape index (κ2) is 3.69. The summed E-state index contributed by atoms with van der Waals surface area (Å²) in [6, 6.07) is 0. The Hall–Kier alpha value is 0.130. The summed E-state index contributed by atoms with van der Waals surface area (Å²) in [4.78, 5) is 0. The molecule has 0 unspecified atom stereocenters. The van der Waals surface area contributed by atoms with Gasteiger partial charge in [-0.3, -0.25) is 0 Å². The minimum atomic E-state index is -0.827. The normalized spacial score (nSPS) is 44.7. The van der Waals surface area contributed by atoms with E-state index in [1.54, 1.807) is 0 Å². The SMILES string of the molecule is CO[C@@H]1O[C@H](OC)[C@@H](Cl)[C@@H]1O. The molecule has 66 valence electrons. The quantitative estimate of drug-likeness (QED) is 0.608. The number of aliphatic hydroxyl groups excluding tert-OH is 1. The highest BCUT2D eigenvalue weighted by Crippen LogP contribution is 2.26. The second-order valence-corrected chi connectivity index (χ2v) is 2.78.